The van der Waals surface area contributed by atoms with E-state index in [1.165, 1.54) is 16.5 Å². The Morgan fingerprint density at radius 2 is 1.94 bits per heavy atom. The Bertz CT molecular complexity index is 345. The smallest absolute Gasteiger partial charge is 0.128 e. The van der Waals surface area contributed by atoms with Crippen molar-refractivity contribution in [2.45, 2.75) is 19.8 Å². The number of aromatic nitrogens is 1. The van der Waals surface area contributed by atoms with E-state index >= 15 is 0 Å². The number of piperazine rings is 1. The molecule has 17 heavy (non-hydrogen) atoms. The van der Waals surface area contributed by atoms with Gasteiger partial charge in [-0.3, -0.25) is 0 Å². The van der Waals surface area contributed by atoms with Gasteiger partial charge in [0.25, 0.3) is 0 Å². The van der Waals surface area contributed by atoms with Crippen molar-refractivity contribution in [2.24, 2.45) is 0 Å². The Labute approximate surface area is 113 Å². The molecule has 0 N–H and O–H groups in total. The zero-order valence-corrected chi connectivity index (χ0v) is 12.0. The maximum absolute atomic E-state index is 4.56. The number of anilines is 1. The van der Waals surface area contributed by atoms with Crippen LogP contribution < -0.4 is 4.90 Å². The van der Waals surface area contributed by atoms with Crippen LogP contribution in [0.25, 0.3) is 0 Å². The van der Waals surface area contributed by atoms with Crippen LogP contribution in [0.2, 0.25) is 0 Å². The minimum absolute atomic E-state index is 0.550. The molecule has 0 aromatic carbocycles. The van der Waals surface area contributed by atoms with Gasteiger partial charge in [0.05, 0.1) is 0 Å². The van der Waals surface area contributed by atoms with Gasteiger partial charge in [0, 0.05) is 32.4 Å². The third kappa shape index (κ3) is 3.30. The summed E-state index contributed by atoms with van der Waals surface area (Å²) < 4.78 is 2.27. The molecule has 0 saturated carbocycles. The first-order valence-corrected chi connectivity index (χ1v) is 7.80. The van der Waals surface area contributed by atoms with Crippen molar-refractivity contribution >= 4 is 28.5 Å². The molecule has 2 heterocycles. The summed E-state index contributed by atoms with van der Waals surface area (Å²) in [5.74, 6) is 1.65. The Balaban J connectivity index is 1.99. The zero-order chi connectivity index (χ0) is 12.3. The van der Waals surface area contributed by atoms with E-state index in [1.54, 1.807) is 0 Å². The topological polar surface area (TPSA) is 19.4 Å². The normalized spacial score (nSPS) is 17.8. The first-order chi connectivity index (χ1) is 8.20. The van der Waals surface area contributed by atoms with E-state index in [1.807, 2.05) is 6.20 Å². The van der Waals surface area contributed by atoms with E-state index < -0.39 is 0 Å². The zero-order valence-electron chi connectivity index (χ0n) is 10.3. The average Bonchev–Trinajstić information content (AvgIpc) is 2.39. The standard InChI is InChI=1S/C12H19N3S2/c1-10(2)11-3-4-12(13-9-11)14-5-7-15(17-16)8-6-14/h3-4,9-10,16H,5-8H2,1-2H3. The van der Waals surface area contributed by atoms with Gasteiger partial charge in [0.1, 0.15) is 5.82 Å². The SMILES string of the molecule is CC(C)c1ccc(N2CCN(SS)CC2)nc1. The van der Waals surface area contributed by atoms with Crippen LogP contribution in [0.1, 0.15) is 25.3 Å². The van der Waals surface area contributed by atoms with Crippen LogP contribution in [-0.4, -0.2) is 35.5 Å². The van der Waals surface area contributed by atoms with Gasteiger partial charge in [0.15, 0.2) is 0 Å². The lowest BCUT2D eigenvalue weighted by atomic mass is 10.1. The number of nitrogens with zero attached hydrogens (tertiary/aromatic N) is 3. The Kier molecular flexibility index (Phi) is 4.59. The van der Waals surface area contributed by atoms with E-state index in [0.29, 0.717) is 5.92 Å². The van der Waals surface area contributed by atoms with Gasteiger partial charge in [-0.25, -0.2) is 9.29 Å². The molecule has 0 spiro atoms. The predicted octanol–water partition coefficient (Wildman–Crippen LogP) is 2.82. The highest BCUT2D eigenvalue weighted by atomic mass is 33.1. The molecule has 1 aliphatic heterocycles. The third-order valence-corrected chi connectivity index (χ3v) is 4.40. The average molecular weight is 269 g/mol. The second-order valence-electron chi connectivity index (χ2n) is 4.60. The molecule has 94 valence electrons. The van der Waals surface area contributed by atoms with Crippen molar-refractivity contribution < 1.29 is 0 Å². The van der Waals surface area contributed by atoms with Crippen molar-refractivity contribution in [1.82, 2.24) is 9.29 Å². The fraction of sp³-hybridized carbons (Fsp3) is 0.583. The highest BCUT2D eigenvalue weighted by Crippen LogP contribution is 2.21. The maximum atomic E-state index is 4.56. The molecule has 1 fully saturated rings. The molecular formula is C12H19N3S2. The molecule has 0 bridgehead atoms. The number of hydrogen-bond donors (Lipinski definition) is 1. The fourth-order valence-electron chi connectivity index (χ4n) is 1.92. The summed E-state index contributed by atoms with van der Waals surface area (Å²) in [5.41, 5.74) is 1.30. The molecule has 1 aromatic heterocycles. The van der Waals surface area contributed by atoms with Gasteiger partial charge in [-0.15, -0.1) is 0 Å². The molecule has 5 heteroatoms. The molecule has 0 atom stereocenters. The van der Waals surface area contributed by atoms with Crippen LogP contribution in [0.4, 0.5) is 5.82 Å². The molecule has 3 nitrogen and oxygen atoms in total. The van der Waals surface area contributed by atoms with Crippen molar-refractivity contribution in [1.29, 1.82) is 0 Å². The first kappa shape index (κ1) is 13.1. The number of rotatable bonds is 3. The fourth-order valence-corrected chi connectivity index (χ4v) is 2.74. The largest absolute Gasteiger partial charge is 0.354 e. The first-order valence-electron chi connectivity index (χ1n) is 5.98. The van der Waals surface area contributed by atoms with Gasteiger partial charge in [-0.05, 0) is 28.5 Å². The molecular weight excluding hydrogens is 250 g/mol. The number of hydrogen-bond acceptors (Lipinski definition) is 5. The van der Waals surface area contributed by atoms with Crippen molar-refractivity contribution in [3.63, 3.8) is 0 Å². The lowest BCUT2D eigenvalue weighted by Gasteiger charge is -2.33. The molecule has 0 aliphatic carbocycles. The van der Waals surface area contributed by atoms with Crippen LogP contribution in [0, 0.1) is 0 Å². The van der Waals surface area contributed by atoms with E-state index in [0.717, 1.165) is 32.0 Å². The summed E-state index contributed by atoms with van der Waals surface area (Å²) in [6.07, 6.45) is 2.00. The van der Waals surface area contributed by atoms with Crippen molar-refractivity contribution in [2.75, 3.05) is 31.1 Å². The van der Waals surface area contributed by atoms with Gasteiger partial charge in [-0.2, -0.15) is 0 Å². The molecule has 1 aromatic rings. The van der Waals surface area contributed by atoms with Crippen molar-refractivity contribution in [3.8, 4) is 0 Å². The van der Waals surface area contributed by atoms with Crippen LogP contribution in [0.3, 0.4) is 0 Å². The Morgan fingerprint density at radius 3 is 2.41 bits per heavy atom. The van der Waals surface area contributed by atoms with E-state index in [4.69, 9.17) is 0 Å². The molecule has 1 saturated heterocycles. The molecule has 1 aliphatic rings. The quantitative estimate of drug-likeness (QED) is 0.517. The van der Waals surface area contributed by atoms with Crippen LogP contribution in [-0.2, 0) is 0 Å². The lowest BCUT2D eigenvalue weighted by Crippen LogP contribution is -2.43. The minimum Gasteiger partial charge on any atom is -0.354 e. The lowest BCUT2D eigenvalue weighted by molar-refractivity contribution is 0.431. The van der Waals surface area contributed by atoms with Crippen LogP contribution in [0.5, 0.6) is 0 Å². The third-order valence-electron chi connectivity index (χ3n) is 3.12. The summed E-state index contributed by atoms with van der Waals surface area (Å²) >= 11 is 4.22. The minimum atomic E-state index is 0.550. The highest BCUT2D eigenvalue weighted by molar-refractivity contribution is 8.67. The summed E-state index contributed by atoms with van der Waals surface area (Å²) in [6.45, 7) is 8.53. The predicted molar refractivity (Wildman–Crippen MR) is 78.7 cm³/mol. The monoisotopic (exact) mass is 269 g/mol. The van der Waals surface area contributed by atoms with E-state index in [2.05, 4.69) is 51.8 Å². The van der Waals surface area contributed by atoms with Gasteiger partial charge in [-0.1, -0.05) is 31.6 Å². The Morgan fingerprint density at radius 1 is 1.24 bits per heavy atom. The maximum Gasteiger partial charge on any atom is 0.128 e. The van der Waals surface area contributed by atoms with E-state index in [9.17, 15) is 0 Å². The van der Waals surface area contributed by atoms with Gasteiger partial charge < -0.3 is 4.90 Å². The summed E-state index contributed by atoms with van der Waals surface area (Å²) in [5, 5.41) is 0. The number of thiol groups is 1. The van der Waals surface area contributed by atoms with Crippen LogP contribution in [0.15, 0.2) is 18.3 Å². The molecule has 0 radical (unpaired) electrons. The second kappa shape index (κ2) is 5.98. The second-order valence-corrected chi connectivity index (χ2v) is 5.77. The molecule has 2 rings (SSSR count). The summed E-state index contributed by atoms with van der Waals surface area (Å²) in [7, 11) is 1.53. The highest BCUT2D eigenvalue weighted by Gasteiger charge is 2.17. The molecule has 0 unspecified atom stereocenters. The summed E-state index contributed by atoms with van der Waals surface area (Å²) in [4.78, 5) is 6.89. The molecule has 0 amide bonds. The van der Waals surface area contributed by atoms with E-state index in [-0.39, 0.29) is 0 Å². The van der Waals surface area contributed by atoms with Crippen molar-refractivity contribution in [3.05, 3.63) is 23.9 Å². The summed E-state index contributed by atoms with van der Waals surface area (Å²) in [6, 6.07) is 4.32. The van der Waals surface area contributed by atoms with Crippen LogP contribution >= 0.6 is 22.6 Å². The number of pyridine rings is 1. The Hall–Kier alpha value is -0.390. The van der Waals surface area contributed by atoms with Gasteiger partial charge in [0.2, 0.25) is 0 Å². The van der Waals surface area contributed by atoms with Gasteiger partial charge >= 0.3 is 0 Å².